The number of esters is 1. The van der Waals surface area contributed by atoms with Crippen LogP contribution in [0.15, 0.2) is 30.3 Å². The number of carbonyl (C=O) groups is 2. The lowest BCUT2D eigenvalue weighted by molar-refractivity contribution is -0.152. The summed E-state index contributed by atoms with van der Waals surface area (Å²) in [7, 11) is 0. The van der Waals surface area contributed by atoms with E-state index < -0.39 is 0 Å². The minimum absolute atomic E-state index is 0.0705. The van der Waals surface area contributed by atoms with E-state index in [-0.39, 0.29) is 23.7 Å². The second-order valence-electron chi connectivity index (χ2n) is 5.64. The maximum absolute atomic E-state index is 12.1. The average molecular weight is 258 g/mol. The number of benzene rings is 1. The fourth-order valence-electron chi connectivity index (χ4n) is 3.31. The highest BCUT2D eigenvalue weighted by Gasteiger charge is 2.44. The van der Waals surface area contributed by atoms with Crippen LogP contribution in [0.5, 0.6) is 0 Å². The zero-order valence-corrected chi connectivity index (χ0v) is 10.9. The third-order valence-electron chi connectivity index (χ3n) is 4.36. The molecular formula is C16H18O3. The maximum atomic E-state index is 12.1. The molecule has 3 rings (SSSR count). The fraction of sp³-hybridized carbons (Fsp3) is 0.500. The number of carbonyl (C=O) groups excluding carboxylic acids is 2. The molecule has 3 heteroatoms. The largest absolute Gasteiger partial charge is 0.461 e. The van der Waals surface area contributed by atoms with Crippen LogP contribution in [0.4, 0.5) is 0 Å². The molecule has 0 radical (unpaired) electrons. The van der Waals surface area contributed by atoms with Crippen molar-refractivity contribution in [2.75, 3.05) is 0 Å². The lowest BCUT2D eigenvalue weighted by Gasteiger charge is -2.25. The molecule has 19 heavy (non-hydrogen) atoms. The van der Waals surface area contributed by atoms with E-state index in [1.807, 2.05) is 30.3 Å². The summed E-state index contributed by atoms with van der Waals surface area (Å²) in [5.74, 6) is 0.417. The zero-order chi connectivity index (χ0) is 13.2. The summed E-state index contributed by atoms with van der Waals surface area (Å²) >= 11 is 0. The molecule has 1 aromatic carbocycles. The van der Waals surface area contributed by atoms with E-state index in [0.29, 0.717) is 25.2 Å². The molecule has 0 saturated heterocycles. The van der Waals surface area contributed by atoms with Gasteiger partial charge in [-0.3, -0.25) is 9.59 Å². The van der Waals surface area contributed by atoms with Crippen LogP contribution < -0.4 is 0 Å². The summed E-state index contributed by atoms with van der Waals surface area (Å²) in [4.78, 5) is 23.8. The van der Waals surface area contributed by atoms with Crippen molar-refractivity contribution in [2.45, 2.75) is 32.3 Å². The van der Waals surface area contributed by atoms with Crippen molar-refractivity contribution in [3.8, 4) is 0 Å². The van der Waals surface area contributed by atoms with E-state index in [9.17, 15) is 9.59 Å². The first kappa shape index (κ1) is 12.4. The Morgan fingerprint density at radius 2 is 1.74 bits per heavy atom. The van der Waals surface area contributed by atoms with Crippen molar-refractivity contribution < 1.29 is 14.3 Å². The van der Waals surface area contributed by atoms with Crippen molar-refractivity contribution >= 4 is 11.8 Å². The molecule has 2 atom stereocenters. The molecule has 2 aliphatic rings. The molecule has 2 aliphatic carbocycles. The number of hydrogen-bond acceptors (Lipinski definition) is 3. The molecule has 0 amide bonds. The molecule has 100 valence electrons. The van der Waals surface area contributed by atoms with E-state index in [2.05, 4.69) is 0 Å². The van der Waals surface area contributed by atoms with Gasteiger partial charge >= 0.3 is 5.97 Å². The summed E-state index contributed by atoms with van der Waals surface area (Å²) in [5, 5.41) is 0. The van der Waals surface area contributed by atoms with E-state index >= 15 is 0 Å². The molecule has 3 nitrogen and oxygen atoms in total. The highest BCUT2D eigenvalue weighted by molar-refractivity contribution is 5.88. The fourth-order valence-corrected chi connectivity index (χ4v) is 3.31. The standard InChI is InChI=1S/C16H18O3/c17-15-12-6-7-13(15)9-14(8-12)16(18)19-10-11-4-2-1-3-5-11/h1-5,12-14H,6-10H2. The van der Waals surface area contributed by atoms with Crippen LogP contribution in [0.3, 0.4) is 0 Å². The molecule has 0 aliphatic heterocycles. The Bertz CT molecular complexity index is 464. The molecule has 2 fully saturated rings. The monoisotopic (exact) mass is 258 g/mol. The molecule has 0 heterocycles. The van der Waals surface area contributed by atoms with E-state index in [0.717, 1.165) is 18.4 Å². The average Bonchev–Trinajstić information content (AvgIpc) is 2.68. The van der Waals surface area contributed by atoms with Gasteiger partial charge in [0.15, 0.2) is 0 Å². The van der Waals surface area contributed by atoms with Crippen molar-refractivity contribution in [3.05, 3.63) is 35.9 Å². The Morgan fingerprint density at radius 1 is 1.11 bits per heavy atom. The Morgan fingerprint density at radius 3 is 2.37 bits per heavy atom. The van der Waals surface area contributed by atoms with Crippen molar-refractivity contribution in [3.63, 3.8) is 0 Å². The highest BCUT2D eigenvalue weighted by Crippen LogP contribution is 2.42. The number of ketones is 1. The first-order valence-corrected chi connectivity index (χ1v) is 6.98. The third-order valence-corrected chi connectivity index (χ3v) is 4.36. The smallest absolute Gasteiger partial charge is 0.309 e. The van der Waals surface area contributed by atoms with Gasteiger partial charge in [0.1, 0.15) is 12.4 Å². The summed E-state index contributed by atoms with van der Waals surface area (Å²) < 4.78 is 5.38. The predicted octanol–water partition coefficient (Wildman–Crippen LogP) is 2.74. The number of rotatable bonds is 3. The molecule has 0 aromatic heterocycles. The summed E-state index contributed by atoms with van der Waals surface area (Å²) in [6, 6.07) is 9.70. The zero-order valence-electron chi connectivity index (χ0n) is 10.9. The Balaban J connectivity index is 1.55. The van der Waals surface area contributed by atoms with Crippen LogP contribution in [0.2, 0.25) is 0 Å². The topological polar surface area (TPSA) is 43.4 Å². The molecule has 0 spiro atoms. The van der Waals surface area contributed by atoms with Gasteiger partial charge < -0.3 is 4.74 Å². The molecule has 2 bridgehead atoms. The van der Waals surface area contributed by atoms with Crippen LogP contribution in [-0.4, -0.2) is 11.8 Å². The molecule has 0 N–H and O–H groups in total. The SMILES string of the molecule is O=C(OCc1ccccc1)C1CC2CCC(C1)C2=O. The first-order valence-electron chi connectivity index (χ1n) is 6.98. The van der Waals surface area contributed by atoms with Gasteiger partial charge in [-0.2, -0.15) is 0 Å². The molecular weight excluding hydrogens is 240 g/mol. The van der Waals surface area contributed by atoms with Crippen LogP contribution >= 0.6 is 0 Å². The minimum atomic E-state index is -0.131. The second-order valence-corrected chi connectivity index (χ2v) is 5.64. The first-order chi connectivity index (χ1) is 9.24. The molecule has 2 unspecified atom stereocenters. The predicted molar refractivity (Wildman–Crippen MR) is 70.2 cm³/mol. The van der Waals surface area contributed by atoms with E-state index in [1.54, 1.807) is 0 Å². The van der Waals surface area contributed by atoms with Gasteiger partial charge in [0.05, 0.1) is 5.92 Å². The van der Waals surface area contributed by atoms with Crippen LogP contribution in [-0.2, 0) is 20.9 Å². The minimum Gasteiger partial charge on any atom is -0.461 e. The summed E-state index contributed by atoms with van der Waals surface area (Å²) in [6.45, 7) is 0.333. The van der Waals surface area contributed by atoms with Gasteiger partial charge in [0, 0.05) is 11.8 Å². The Labute approximate surface area is 113 Å². The normalized spacial score (nSPS) is 29.3. The Kier molecular flexibility index (Phi) is 3.36. The van der Waals surface area contributed by atoms with E-state index in [4.69, 9.17) is 4.74 Å². The van der Waals surface area contributed by atoms with Gasteiger partial charge in [-0.15, -0.1) is 0 Å². The van der Waals surface area contributed by atoms with Crippen LogP contribution in [0.1, 0.15) is 31.2 Å². The Hall–Kier alpha value is -1.64. The van der Waals surface area contributed by atoms with Gasteiger partial charge in [0.25, 0.3) is 0 Å². The van der Waals surface area contributed by atoms with Gasteiger partial charge in [-0.25, -0.2) is 0 Å². The van der Waals surface area contributed by atoms with Crippen molar-refractivity contribution in [1.29, 1.82) is 0 Å². The lowest BCUT2D eigenvalue weighted by atomic mass is 9.80. The maximum Gasteiger partial charge on any atom is 0.309 e. The quantitative estimate of drug-likeness (QED) is 0.783. The van der Waals surface area contributed by atoms with Crippen molar-refractivity contribution in [2.24, 2.45) is 17.8 Å². The van der Waals surface area contributed by atoms with Crippen molar-refractivity contribution in [1.82, 2.24) is 0 Å². The summed E-state index contributed by atoms with van der Waals surface area (Å²) in [6.07, 6.45) is 3.32. The highest BCUT2D eigenvalue weighted by atomic mass is 16.5. The third kappa shape index (κ3) is 2.55. The number of Topliss-reactive ketones (excluding diaryl/α,β-unsaturated/α-hetero) is 1. The lowest BCUT2D eigenvalue weighted by Crippen LogP contribution is -2.31. The van der Waals surface area contributed by atoms with Gasteiger partial charge in [-0.05, 0) is 31.2 Å². The summed E-state index contributed by atoms with van der Waals surface area (Å²) in [5.41, 5.74) is 1.01. The van der Waals surface area contributed by atoms with Gasteiger partial charge in [-0.1, -0.05) is 30.3 Å². The molecule has 1 aromatic rings. The van der Waals surface area contributed by atoms with Crippen LogP contribution in [0.25, 0.3) is 0 Å². The number of fused-ring (bicyclic) bond motifs is 2. The van der Waals surface area contributed by atoms with Gasteiger partial charge in [0.2, 0.25) is 0 Å². The number of hydrogen-bond donors (Lipinski definition) is 0. The van der Waals surface area contributed by atoms with E-state index in [1.165, 1.54) is 0 Å². The van der Waals surface area contributed by atoms with Crippen LogP contribution in [0, 0.1) is 17.8 Å². The molecule has 2 saturated carbocycles. The number of ether oxygens (including phenoxy) is 1. The second kappa shape index (κ2) is 5.16.